The van der Waals surface area contributed by atoms with E-state index in [1.165, 1.54) is 18.2 Å². The second-order valence-corrected chi connectivity index (χ2v) is 4.70. The lowest BCUT2D eigenvalue weighted by Gasteiger charge is -2.25. The van der Waals surface area contributed by atoms with Crippen molar-refractivity contribution in [2.24, 2.45) is 0 Å². The average molecular weight is 295 g/mol. The van der Waals surface area contributed by atoms with E-state index < -0.39 is 23.7 Å². The van der Waals surface area contributed by atoms with Crippen molar-refractivity contribution in [1.82, 2.24) is 0 Å². The molecule has 0 amide bonds. The monoisotopic (exact) mass is 294 g/mol. The molecular formula is C13H11ClF4O. The van der Waals surface area contributed by atoms with Gasteiger partial charge in [-0.1, -0.05) is 23.7 Å². The lowest BCUT2D eigenvalue weighted by atomic mass is 9.98. The number of benzene rings is 1. The Morgan fingerprint density at radius 1 is 1.32 bits per heavy atom. The quantitative estimate of drug-likeness (QED) is 0.584. The van der Waals surface area contributed by atoms with Crippen LogP contribution in [0.1, 0.15) is 12.0 Å². The number of hydrogen-bond donors (Lipinski definition) is 0. The van der Waals surface area contributed by atoms with Gasteiger partial charge < -0.3 is 4.74 Å². The van der Waals surface area contributed by atoms with Gasteiger partial charge in [0.2, 0.25) is 0 Å². The number of hydrogen-bond acceptors (Lipinski definition) is 1. The summed E-state index contributed by atoms with van der Waals surface area (Å²) in [7, 11) is 0. The number of ether oxygens (including phenoxy) is 1. The summed E-state index contributed by atoms with van der Waals surface area (Å²) in [6, 6.07) is 4.18. The summed E-state index contributed by atoms with van der Waals surface area (Å²) in [5, 5.41) is 0.201. The van der Waals surface area contributed by atoms with Crippen LogP contribution in [0, 0.1) is 5.82 Å². The van der Waals surface area contributed by atoms with Crippen LogP contribution in [-0.4, -0.2) is 18.9 Å². The fourth-order valence-electron chi connectivity index (χ4n) is 1.99. The first kappa shape index (κ1) is 14.3. The van der Waals surface area contributed by atoms with Gasteiger partial charge in [-0.15, -0.1) is 0 Å². The van der Waals surface area contributed by atoms with E-state index in [-0.39, 0.29) is 30.0 Å². The van der Waals surface area contributed by atoms with Crippen LogP contribution in [0.25, 0.3) is 0 Å². The molecule has 0 N–H and O–H groups in total. The van der Waals surface area contributed by atoms with Crippen molar-refractivity contribution in [3.63, 3.8) is 0 Å². The Kier molecular flexibility index (Phi) is 4.16. The Balaban J connectivity index is 2.11. The van der Waals surface area contributed by atoms with Crippen LogP contribution in [0.5, 0.6) is 0 Å². The molecule has 0 saturated carbocycles. The lowest BCUT2D eigenvalue weighted by Crippen LogP contribution is -2.27. The van der Waals surface area contributed by atoms with Crippen LogP contribution in [0.4, 0.5) is 17.6 Å². The molecule has 1 aromatic rings. The minimum absolute atomic E-state index is 0.0267. The molecule has 104 valence electrons. The molecule has 1 atom stereocenters. The highest BCUT2D eigenvalue weighted by Gasteiger charge is 2.36. The Bertz CT molecular complexity index is 476. The van der Waals surface area contributed by atoms with E-state index in [2.05, 4.69) is 0 Å². The van der Waals surface area contributed by atoms with Crippen LogP contribution in [0.15, 0.2) is 29.8 Å². The van der Waals surface area contributed by atoms with Gasteiger partial charge in [-0.05, 0) is 12.1 Å². The molecular weight excluding hydrogens is 284 g/mol. The van der Waals surface area contributed by atoms with E-state index in [1.54, 1.807) is 0 Å². The maximum absolute atomic E-state index is 13.6. The van der Waals surface area contributed by atoms with Gasteiger partial charge in [0.05, 0.1) is 12.7 Å². The van der Waals surface area contributed by atoms with Crippen molar-refractivity contribution in [3.8, 4) is 0 Å². The van der Waals surface area contributed by atoms with Gasteiger partial charge in [-0.2, -0.15) is 13.2 Å². The SMILES string of the molecule is Fc1cccc(Cl)c1CC1CC(C(F)(F)F)=CCO1. The summed E-state index contributed by atoms with van der Waals surface area (Å²) in [5.74, 6) is -0.529. The molecule has 1 aliphatic rings. The van der Waals surface area contributed by atoms with Gasteiger partial charge in [-0.3, -0.25) is 0 Å². The zero-order valence-corrected chi connectivity index (χ0v) is 10.6. The summed E-state index contributed by atoms with van der Waals surface area (Å²) >= 11 is 5.84. The van der Waals surface area contributed by atoms with Crippen molar-refractivity contribution in [3.05, 3.63) is 46.3 Å². The summed E-state index contributed by atoms with van der Waals surface area (Å²) < 4.78 is 56.5. The molecule has 0 fully saturated rings. The van der Waals surface area contributed by atoms with Gasteiger partial charge in [0.1, 0.15) is 5.82 Å². The average Bonchev–Trinajstić information content (AvgIpc) is 2.33. The van der Waals surface area contributed by atoms with E-state index in [4.69, 9.17) is 16.3 Å². The van der Waals surface area contributed by atoms with E-state index in [1.807, 2.05) is 0 Å². The van der Waals surface area contributed by atoms with Crippen molar-refractivity contribution in [1.29, 1.82) is 0 Å². The van der Waals surface area contributed by atoms with Crippen molar-refractivity contribution >= 4 is 11.6 Å². The predicted octanol–water partition coefficient (Wildman–Crippen LogP) is 4.30. The Hall–Kier alpha value is -1.07. The maximum Gasteiger partial charge on any atom is 0.412 e. The van der Waals surface area contributed by atoms with E-state index in [0.29, 0.717) is 0 Å². The first-order valence-electron chi connectivity index (χ1n) is 5.68. The second-order valence-electron chi connectivity index (χ2n) is 4.29. The molecule has 6 heteroatoms. The van der Waals surface area contributed by atoms with Crippen molar-refractivity contribution in [2.75, 3.05) is 6.61 Å². The molecule has 1 aromatic carbocycles. The third kappa shape index (κ3) is 3.48. The molecule has 0 radical (unpaired) electrons. The topological polar surface area (TPSA) is 9.23 Å². The molecule has 2 rings (SSSR count). The van der Waals surface area contributed by atoms with Crippen LogP contribution < -0.4 is 0 Å². The molecule has 0 aliphatic carbocycles. The molecule has 1 nitrogen and oxygen atoms in total. The van der Waals surface area contributed by atoms with Crippen molar-refractivity contribution < 1.29 is 22.3 Å². The molecule has 1 unspecified atom stereocenters. The number of alkyl halides is 3. The highest BCUT2D eigenvalue weighted by atomic mass is 35.5. The summed E-state index contributed by atoms with van der Waals surface area (Å²) in [6.07, 6.45) is -4.32. The van der Waals surface area contributed by atoms with Crippen LogP contribution in [0.2, 0.25) is 5.02 Å². The molecule has 0 bridgehead atoms. The second kappa shape index (κ2) is 5.51. The van der Waals surface area contributed by atoms with Gasteiger partial charge in [0, 0.05) is 29.0 Å². The Morgan fingerprint density at radius 3 is 2.68 bits per heavy atom. The summed E-state index contributed by atoms with van der Waals surface area (Å²) in [6.45, 7) is -0.119. The third-order valence-corrected chi connectivity index (χ3v) is 3.32. The van der Waals surface area contributed by atoms with Gasteiger partial charge >= 0.3 is 6.18 Å². The normalized spacial score (nSPS) is 20.3. The van der Waals surface area contributed by atoms with E-state index in [0.717, 1.165) is 6.08 Å². The lowest BCUT2D eigenvalue weighted by molar-refractivity contribution is -0.103. The summed E-state index contributed by atoms with van der Waals surface area (Å²) in [4.78, 5) is 0. The summed E-state index contributed by atoms with van der Waals surface area (Å²) in [5.41, 5.74) is -0.436. The third-order valence-electron chi connectivity index (χ3n) is 2.97. The smallest absolute Gasteiger partial charge is 0.373 e. The predicted molar refractivity (Wildman–Crippen MR) is 63.6 cm³/mol. The fourth-order valence-corrected chi connectivity index (χ4v) is 2.23. The first-order chi connectivity index (χ1) is 8.88. The minimum atomic E-state index is -4.36. The van der Waals surface area contributed by atoms with Crippen molar-refractivity contribution in [2.45, 2.75) is 25.1 Å². The number of rotatable bonds is 2. The molecule has 0 spiro atoms. The Morgan fingerprint density at radius 2 is 2.05 bits per heavy atom. The van der Waals surface area contributed by atoms with Crippen LogP contribution in [-0.2, 0) is 11.2 Å². The van der Waals surface area contributed by atoms with Crippen LogP contribution in [0.3, 0.4) is 0 Å². The first-order valence-corrected chi connectivity index (χ1v) is 6.06. The van der Waals surface area contributed by atoms with Gasteiger partial charge in [0.15, 0.2) is 0 Å². The fraction of sp³-hybridized carbons (Fsp3) is 0.385. The Labute approximate surface area is 112 Å². The molecule has 0 saturated heterocycles. The zero-order valence-electron chi connectivity index (χ0n) is 9.81. The minimum Gasteiger partial charge on any atom is -0.373 e. The largest absolute Gasteiger partial charge is 0.412 e. The highest BCUT2D eigenvalue weighted by molar-refractivity contribution is 6.31. The molecule has 19 heavy (non-hydrogen) atoms. The van der Waals surface area contributed by atoms with Crippen LogP contribution >= 0.6 is 11.6 Å². The van der Waals surface area contributed by atoms with E-state index in [9.17, 15) is 17.6 Å². The molecule has 0 aromatic heterocycles. The van der Waals surface area contributed by atoms with Gasteiger partial charge in [-0.25, -0.2) is 4.39 Å². The van der Waals surface area contributed by atoms with Gasteiger partial charge in [0.25, 0.3) is 0 Å². The molecule has 1 heterocycles. The standard InChI is InChI=1S/C13H11ClF4O/c14-11-2-1-3-12(15)10(11)7-9-6-8(4-5-19-9)13(16,17)18/h1-4,9H,5-7H2. The zero-order chi connectivity index (χ0) is 14.0. The molecule has 1 aliphatic heterocycles. The van der Waals surface area contributed by atoms with E-state index >= 15 is 0 Å². The maximum atomic E-state index is 13.6. The number of halogens is 5. The highest BCUT2D eigenvalue weighted by Crippen LogP contribution is 2.33.